The summed E-state index contributed by atoms with van der Waals surface area (Å²) < 4.78 is 0. The van der Waals surface area contributed by atoms with E-state index in [1.165, 1.54) is 25.7 Å². The number of hydrogen-bond acceptors (Lipinski definition) is 2. The minimum atomic E-state index is -0.184. The van der Waals surface area contributed by atoms with Gasteiger partial charge in [0.2, 0.25) is 0 Å². The lowest BCUT2D eigenvalue weighted by Crippen LogP contribution is -2.36. The molecule has 0 spiro atoms. The molecule has 0 bridgehead atoms. The van der Waals surface area contributed by atoms with Gasteiger partial charge in [-0.25, -0.2) is 0 Å². The number of hydrogen-bond donors (Lipinski definition) is 2. The van der Waals surface area contributed by atoms with E-state index in [9.17, 15) is 10.2 Å². The Hall–Kier alpha value is -0.0800. The molecule has 0 radical (unpaired) electrons. The quantitative estimate of drug-likeness (QED) is 0.675. The van der Waals surface area contributed by atoms with Gasteiger partial charge < -0.3 is 10.2 Å². The number of aliphatic hydroxyl groups excluding tert-OH is 2. The van der Waals surface area contributed by atoms with Gasteiger partial charge in [-0.05, 0) is 25.2 Å². The molecule has 12 heavy (non-hydrogen) atoms. The smallest absolute Gasteiger partial charge is 0.0511 e. The molecular formula is C10H20O2. The molecule has 0 atom stereocenters. The van der Waals surface area contributed by atoms with Crippen molar-refractivity contribution >= 4 is 0 Å². The molecule has 0 unspecified atom stereocenters. The molecule has 0 saturated heterocycles. The highest BCUT2D eigenvalue weighted by molar-refractivity contribution is 4.87. The standard InChI is InChI=1S/C10H20O2/c1-2-10(7-11,8-12)9-5-3-4-6-9/h9,11-12H,2-8H2,1H3. The molecule has 1 rings (SSSR count). The zero-order valence-electron chi connectivity index (χ0n) is 7.92. The van der Waals surface area contributed by atoms with Gasteiger partial charge in [0.1, 0.15) is 0 Å². The summed E-state index contributed by atoms with van der Waals surface area (Å²) in [5, 5.41) is 18.6. The van der Waals surface area contributed by atoms with Gasteiger partial charge in [-0.3, -0.25) is 0 Å². The fraction of sp³-hybridized carbons (Fsp3) is 1.00. The lowest BCUT2D eigenvalue weighted by atomic mass is 9.73. The van der Waals surface area contributed by atoms with Crippen LogP contribution in [-0.4, -0.2) is 23.4 Å². The number of aliphatic hydroxyl groups is 2. The van der Waals surface area contributed by atoms with E-state index in [1.54, 1.807) is 0 Å². The van der Waals surface area contributed by atoms with E-state index >= 15 is 0 Å². The summed E-state index contributed by atoms with van der Waals surface area (Å²) in [6, 6.07) is 0. The zero-order chi connectivity index (χ0) is 9.03. The van der Waals surface area contributed by atoms with E-state index in [0.717, 1.165) is 6.42 Å². The molecule has 1 aliphatic carbocycles. The second-order valence-corrected chi connectivity index (χ2v) is 4.01. The van der Waals surface area contributed by atoms with E-state index in [4.69, 9.17) is 0 Å². The van der Waals surface area contributed by atoms with Gasteiger partial charge in [0.15, 0.2) is 0 Å². The van der Waals surface area contributed by atoms with E-state index in [-0.39, 0.29) is 18.6 Å². The summed E-state index contributed by atoms with van der Waals surface area (Å²) in [4.78, 5) is 0. The lowest BCUT2D eigenvalue weighted by molar-refractivity contribution is 0.00241. The van der Waals surface area contributed by atoms with Crippen molar-refractivity contribution < 1.29 is 10.2 Å². The van der Waals surface area contributed by atoms with Gasteiger partial charge in [-0.2, -0.15) is 0 Å². The molecule has 1 saturated carbocycles. The molecule has 0 aromatic heterocycles. The molecule has 1 fully saturated rings. The predicted octanol–water partition coefficient (Wildman–Crippen LogP) is 1.56. The molecule has 0 heterocycles. The minimum absolute atomic E-state index is 0.144. The van der Waals surface area contributed by atoms with Crippen molar-refractivity contribution in [3.05, 3.63) is 0 Å². The van der Waals surface area contributed by atoms with Crippen molar-refractivity contribution in [2.45, 2.75) is 39.0 Å². The Morgan fingerprint density at radius 2 is 1.67 bits per heavy atom. The van der Waals surface area contributed by atoms with Gasteiger partial charge in [0.05, 0.1) is 13.2 Å². The Balaban J connectivity index is 2.61. The van der Waals surface area contributed by atoms with E-state index in [0.29, 0.717) is 5.92 Å². The first kappa shape index (κ1) is 10.0. The average Bonchev–Trinajstić information content (AvgIpc) is 2.62. The Bertz CT molecular complexity index is 116. The third kappa shape index (κ3) is 1.64. The highest BCUT2D eigenvalue weighted by atomic mass is 16.3. The van der Waals surface area contributed by atoms with Crippen LogP contribution in [0.1, 0.15) is 39.0 Å². The maximum absolute atomic E-state index is 9.28. The minimum Gasteiger partial charge on any atom is -0.396 e. The fourth-order valence-corrected chi connectivity index (χ4v) is 2.36. The number of rotatable bonds is 4. The molecule has 1 aliphatic rings. The summed E-state index contributed by atoms with van der Waals surface area (Å²) in [5.41, 5.74) is -0.184. The Labute approximate surface area is 74.6 Å². The summed E-state index contributed by atoms with van der Waals surface area (Å²) in [7, 11) is 0. The van der Waals surface area contributed by atoms with E-state index < -0.39 is 0 Å². The van der Waals surface area contributed by atoms with Crippen LogP contribution in [0, 0.1) is 11.3 Å². The van der Waals surface area contributed by atoms with Crippen molar-refractivity contribution in [3.8, 4) is 0 Å². The Morgan fingerprint density at radius 3 is 2.00 bits per heavy atom. The topological polar surface area (TPSA) is 40.5 Å². The fourth-order valence-electron chi connectivity index (χ4n) is 2.36. The highest BCUT2D eigenvalue weighted by Gasteiger charge is 2.37. The molecule has 0 amide bonds. The van der Waals surface area contributed by atoms with Crippen molar-refractivity contribution in [1.82, 2.24) is 0 Å². The first-order valence-electron chi connectivity index (χ1n) is 5.01. The van der Waals surface area contributed by atoms with Gasteiger partial charge in [-0.15, -0.1) is 0 Å². The molecular weight excluding hydrogens is 152 g/mol. The van der Waals surface area contributed by atoms with Crippen LogP contribution in [0.4, 0.5) is 0 Å². The predicted molar refractivity (Wildman–Crippen MR) is 48.9 cm³/mol. The van der Waals surface area contributed by atoms with Crippen molar-refractivity contribution in [2.75, 3.05) is 13.2 Å². The average molecular weight is 172 g/mol. The van der Waals surface area contributed by atoms with Crippen molar-refractivity contribution in [1.29, 1.82) is 0 Å². The summed E-state index contributed by atoms with van der Waals surface area (Å²) in [6.07, 6.45) is 5.81. The van der Waals surface area contributed by atoms with Crippen LogP contribution in [0.3, 0.4) is 0 Å². The summed E-state index contributed by atoms with van der Waals surface area (Å²) >= 11 is 0. The molecule has 2 nitrogen and oxygen atoms in total. The van der Waals surface area contributed by atoms with Crippen LogP contribution >= 0.6 is 0 Å². The Kier molecular flexibility index (Phi) is 3.53. The van der Waals surface area contributed by atoms with Crippen LogP contribution in [-0.2, 0) is 0 Å². The summed E-state index contributed by atoms with van der Waals surface area (Å²) in [6.45, 7) is 2.35. The zero-order valence-corrected chi connectivity index (χ0v) is 7.92. The SMILES string of the molecule is CCC(CO)(CO)C1CCCC1. The third-order valence-corrected chi connectivity index (χ3v) is 3.56. The molecule has 72 valence electrons. The second kappa shape index (κ2) is 4.24. The Morgan fingerprint density at radius 1 is 1.17 bits per heavy atom. The van der Waals surface area contributed by atoms with Gasteiger partial charge in [-0.1, -0.05) is 19.8 Å². The lowest BCUT2D eigenvalue weighted by Gasteiger charge is -2.34. The van der Waals surface area contributed by atoms with Crippen LogP contribution in [0.5, 0.6) is 0 Å². The van der Waals surface area contributed by atoms with Crippen molar-refractivity contribution in [3.63, 3.8) is 0 Å². The largest absolute Gasteiger partial charge is 0.396 e. The first-order valence-corrected chi connectivity index (χ1v) is 5.01. The first-order chi connectivity index (χ1) is 5.79. The molecule has 2 heteroatoms. The van der Waals surface area contributed by atoms with Crippen LogP contribution in [0.2, 0.25) is 0 Å². The third-order valence-electron chi connectivity index (χ3n) is 3.56. The van der Waals surface area contributed by atoms with Crippen molar-refractivity contribution in [2.24, 2.45) is 11.3 Å². The van der Waals surface area contributed by atoms with Crippen LogP contribution in [0.25, 0.3) is 0 Å². The van der Waals surface area contributed by atoms with E-state index in [1.807, 2.05) is 0 Å². The summed E-state index contributed by atoms with van der Waals surface area (Å²) in [5.74, 6) is 0.553. The van der Waals surface area contributed by atoms with Crippen LogP contribution in [0.15, 0.2) is 0 Å². The normalized spacial score (nSPS) is 20.2. The maximum atomic E-state index is 9.28. The second-order valence-electron chi connectivity index (χ2n) is 4.01. The molecule has 0 aromatic carbocycles. The van der Waals surface area contributed by atoms with Gasteiger partial charge in [0, 0.05) is 5.41 Å². The van der Waals surface area contributed by atoms with Gasteiger partial charge in [0.25, 0.3) is 0 Å². The molecule has 2 N–H and O–H groups in total. The molecule has 0 aliphatic heterocycles. The van der Waals surface area contributed by atoms with Crippen LogP contribution < -0.4 is 0 Å². The molecule has 0 aromatic rings. The van der Waals surface area contributed by atoms with Gasteiger partial charge >= 0.3 is 0 Å². The highest BCUT2D eigenvalue weighted by Crippen LogP contribution is 2.41. The maximum Gasteiger partial charge on any atom is 0.0511 e. The monoisotopic (exact) mass is 172 g/mol. The van der Waals surface area contributed by atoms with E-state index in [2.05, 4.69) is 6.92 Å².